The lowest BCUT2D eigenvalue weighted by molar-refractivity contribution is 0.0193. The number of likely N-dealkylation sites (tertiary alicyclic amines) is 2. The van der Waals surface area contributed by atoms with E-state index in [1.54, 1.807) is 12.1 Å². The number of H-pyrrole nitrogens is 1. The van der Waals surface area contributed by atoms with Crippen LogP contribution in [0.1, 0.15) is 57.8 Å². The lowest BCUT2D eigenvalue weighted by Gasteiger charge is -2.47. The third-order valence-corrected chi connectivity index (χ3v) is 6.72. The van der Waals surface area contributed by atoms with Gasteiger partial charge in [0.1, 0.15) is 5.82 Å². The Hall–Kier alpha value is -2.70. The molecule has 0 bridgehead atoms. The molecular weight excluding hydrogens is 371 g/mol. The number of aryl methyl sites for hydroxylation is 1. The predicted octanol–water partition coefficient (Wildman–Crippen LogP) is 2.80. The summed E-state index contributed by atoms with van der Waals surface area (Å²) in [5.74, 6) is -0.0844. The van der Waals surface area contributed by atoms with Crippen LogP contribution in [0.15, 0.2) is 24.3 Å². The zero-order chi connectivity index (χ0) is 20.0. The van der Waals surface area contributed by atoms with Crippen molar-refractivity contribution in [2.75, 3.05) is 19.6 Å². The monoisotopic (exact) mass is 396 g/mol. The molecule has 29 heavy (non-hydrogen) atoms. The van der Waals surface area contributed by atoms with Gasteiger partial charge in [-0.15, -0.1) is 0 Å². The normalized spacial score (nSPS) is 23.6. The van der Waals surface area contributed by atoms with Gasteiger partial charge < -0.3 is 9.80 Å². The number of carbonyl (C=O) groups excluding carboxylic acids is 2. The Labute approximate surface area is 169 Å². The van der Waals surface area contributed by atoms with Crippen molar-refractivity contribution in [2.24, 2.45) is 5.92 Å². The van der Waals surface area contributed by atoms with Crippen LogP contribution >= 0.6 is 0 Å². The Morgan fingerprint density at radius 1 is 1.03 bits per heavy atom. The molecule has 2 atom stereocenters. The number of fused-ring (bicyclic) bond motifs is 2. The van der Waals surface area contributed by atoms with Gasteiger partial charge in [-0.05, 0) is 68.7 Å². The van der Waals surface area contributed by atoms with Crippen LogP contribution in [0.3, 0.4) is 0 Å². The number of hydrogen-bond acceptors (Lipinski definition) is 3. The number of aromatic amines is 1. The summed E-state index contributed by atoms with van der Waals surface area (Å²) in [6, 6.07) is 5.88. The molecule has 5 rings (SSSR count). The van der Waals surface area contributed by atoms with Gasteiger partial charge in [0.15, 0.2) is 5.69 Å². The van der Waals surface area contributed by atoms with Crippen LogP contribution < -0.4 is 0 Å². The van der Waals surface area contributed by atoms with Crippen molar-refractivity contribution < 1.29 is 14.0 Å². The first-order valence-corrected chi connectivity index (χ1v) is 10.5. The summed E-state index contributed by atoms with van der Waals surface area (Å²) in [6.07, 6.45) is 5.71. The maximum Gasteiger partial charge on any atom is 0.274 e. The molecule has 2 aliphatic heterocycles. The van der Waals surface area contributed by atoms with Crippen LogP contribution in [-0.2, 0) is 12.8 Å². The topological polar surface area (TPSA) is 69.3 Å². The molecule has 0 spiro atoms. The van der Waals surface area contributed by atoms with Crippen molar-refractivity contribution in [1.82, 2.24) is 20.0 Å². The zero-order valence-electron chi connectivity index (χ0n) is 16.4. The molecule has 0 saturated carbocycles. The van der Waals surface area contributed by atoms with E-state index in [1.807, 2.05) is 9.80 Å². The third kappa shape index (κ3) is 3.22. The molecule has 3 heterocycles. The van der Waals surface area contributed by atoms with Crippen LogP contribution in [0.4, 0.5) is 4.39 Å². The maximum absolute atomic E-state index is 13.3. The van der Waals surface area contributed by atoms with Gasteiger partial charge in [0.25, 0.3) is 11.8 Å². The lowest BCUT2D eigenvalue weighted by atomic mass is 9.83. The van der Waals surface area contributed by atoms with Gasteiger partial charge in [-0.3, -0.25) is 14.7 Å². The highest BCUT2D eigenvalue weighted by atomic mass is 19.1. The van der Waals surface area contributed by atoms with Crippen molar-refractivity contribution in [1.29, 1.82) is 0 Å². The van der Waals surface area contributed by atoms with Crippen LogP contribution in [0.25, 0.3) is 0 Å². The number of aromatic nitrogens is 2. The van der Waals surface area contributed by atoms with Gasteiger partial charge in [-0.1, -0.05) is 0 Å². The summed E-state index contributed by atoms with van der Waals surface area (Å²) in [4.78, 5) is 30.0. The summed E-state index contributed by atoms with van der Waals surface area (Å²) in [7, 11) is 0. The zero-order valence-corrected chi connectivity index (χ0v) is 16.4. The van der Waals surface area contributed by atoms with Gasteiger partial charge >= 0.3 is 0 Å². The number of piperidine rings is 2. The predicted molar refractivity (Wildman–Crippen MR) is 105 cm³/mol. The number of carbonyl (C=O) groups is 2. The number of nitrogens with one attached hydrogen (secondary N) is 1. The molecule has 152 valence electrons. The van der Waals surface area contributed by atoms with Crippen LogP contribution in [-0.4, -0.2) is 57.5 Å². The van der Waals surface area contributed by atoms with E-state index in [0.717, 1.165) is 56.3 Å². The fraction of sp³-hybridized carbons (Fsp3) is 0.500. The minimum atomic E-state index is -0.341. The Morgan fingerprint density at radius 2 is 1.86 bits per heavy atom. The molecule has 2 aromatic rings. The molecular formula is C22H25FN4O2. The molecule has 1 N–H and O–H groups in total. The fourth-order valence-corrected chi connectivity index (χ4v) is 5.25. The average Bonchev–Trinajstić information content (AvgIpc) is 3.36. The Morgan fingerprint density at radius 3 is 2.69 bits per heavy atom. The minimum Gasteiger partial charge on any atom is -0.338 e. The molecule has 7 heteroatoms. The largest absolute Gasteiger partial charge is 0.338 e. The highest BCUT2D eigenvalue weighted by molar-refractivity contribution is 5.95. The van der Waals surface area contributed by atoms with Crippen LogP contribution in [0.5, 0.6) is 0 Å². The second-order valence-corrected chi connectivity index (χ2v) is 8.40. The average molecular weight is 396 g/mol. The summed E-state index contributed by atoms with van der Waals surface area (Å²) < 4.78 is 13.2. The smallest absolute Gasteiger partial charge is 0.274 e. The minimum absolute atomic E-state index is 0.0393. The molecule has 0 unspecified atom stereocenters. The number of nitrogens with zero attached hydrogens (tertiary/aromatic N) is 3. The van der Waals surface area contributed by atoms with Gasteiger partial charge in [-0.25, -0.2) is 4.39 Å². The molecule has 1 aromatic heterocycles. The maximum atomic E-state index is 13.3. The summed E-state index contributed by atoms with van der Waals surface area (Å²) in [5, 5.41) is 7.37. The van der Waals surface area contributed by atoms with Crippen molar-refractivity contribution >= 4 is 11.8 Å². The summed E-state index contributed by atoms with van der Waals surface area (Å²) in [5.41, 5.74) is 3.33. The number of hydrogen-bond donors (Lipinski definition) is 1. The first-order valence-electron chi connectivity index (χ1n) is 10.5. The highest BCUT2D eigenvalue weighted by Gasteiger charge is 2.41. The Balaban J connectivity index is 1.31. The summed E-state index contributed by atoms with van der Waals surface area (Å²) in [6.45, 7) is 2.01. The molecule has 3 aliphatic rings. The molecule has 2 fully saturated rings. The SMILES string of the molecule is O=C(c1ccc(F)cc1)N1CC[C@H]2[C@H](CCCN2C(=O)c2n[nH]c3c2CCC3)C1. The fourth-order valence-electron chi connectivity index (χ4n) is 5.25. The molecule has 0 radical (unpaired) electrons. The van der Waals surface area contributed by atoms with Gasteiger partial charge in [0.2, 0.25) is 0 Å². The molecule has 6 nitrogen and oxygen atoms in total. The van der Waals surface area contributed by atoms with Crippen molar-refractivity contribution in [3.8, 4) is 0 Å². The van der Waals surface area contributed by atoms with E-state index in [0.29, 0.717) is 24.3 Å². The molecule has 1 aliphatic carbocycles. The van der Waals surface area contributed by atoms with E-state index in [4.69, 9.17) is 0 Å². The van der Waals surface area contributed by atoms with Crippen LogP contribution in [0.2, 0.25) is 0 Å². The quantitative estimate of drug-likeness (QED) is 0.849. The van der Waals surface area contributed by atoms with E-state index in [2.05, 4.69) is 10.2 Å². The van der Waals surface area contributed by atoms with Gasteiger partial charge in [-0.2, -0.15) is 5.10 Å². The van der Waals surface area contributed by atoms with Crippen LogP contribution in [0, 0.1) is 11.7 Å². The second-order valence-electron chi connectivity index (χ2n) is 8.40. The first-order chi connectivity index (χ1) is 14.1. The number of benzene rings is 1. The van der Waals surface area contributed by atoms with Crippen molar-refractivity contribution in [3.63, 3.8) is 0 Å². The molecule has 2 amide bonds. The summed E-state index contributed by atoms with van der Waals surface area (Å²) >= 11 is 0. The van der Waals surface area contributed by atoms with E-state index >= 15 is 0 Å². The molecule has 2 saturated heterocycles. The van der Waals surface area contributed by atoms with E-state index in [-0.39, 0.29) is 29.6 Å². The van der Waals surface area contributed by atoms with Gasteiger partial charge in [0.05, 0.1) is 0 Å². The molecule has 1 aromatic carbocycles. The number of amides is 2. The van der Waals surface area contributed by atoms with Gasteiger partial charge in [0, 0.05) is 42.5 Å². The second kappa shape index (κ2) is 7.28. The Bertz CT molecular complexity index is 939. The number of rotatable bonds is 2. The third-order valence-electron chi connectivity index (χ3n) is 6.72. The van der Waals surface area contributed by atoms with Crippen molar-refractivity contribution in [2.45, 2.75) is 44.6 Å². The number of halogens is 1. The van der Waals surface area contributed by atoms with E-state index < -0.39 is 0 Å². The highest BCUT2D eigenvalue weighted by Crippen LogP contribution is 2.33. The Kier molecular flexibility index (Phi) is 4.60. The van der Waals surface area contributed by atoms with Crippen molar-refractivity contribution in [3.05, 3.63) is 52.6 Å². The first kappa shape index (κ1) is 18.3. The standard InChI is InChI=1S/C22H25FN4O2/c23-16-8-6-14(7-9-16)21(28)26-12-10-19-15(13-26)3-2-11-27(19)22(29)20-17-4-1-5-18(17)24-25-20/h6-9,15,19H,1-5,10-13H2,(H,24,25)/t15-,19+/m1/s1. The van der Waals surface area contributed by atoms with E-state index in [1.165, 1.54) is 12.1 Å². The van der Waals surface area contributed by atoms with E-state index in [9.17, 15) is 14.0 Å². The lowest BCUT2D eigenvalue weighted by Crippen LogP contribution is -2.56.